The molecule has 0 N–H and O–H groups in total. The first-order valence-electron chi connectivity index (χ1n) is 10.8. The van der Waals surface area contributed by atoms with Crippen LogP contribution in [0.4, 0.5) is 0 Å². The van der Waals surface area contributed by atoms with Gasteiger partial charge in [-0.2, -0.15) is 0 Å². The molecule has 0 atom stereocenters. The first-order chi connectivity index (χ1) is 15.5. The standard InChI is InChI=1S/C27H28O5/c1-20(2)22-13-15-24(16-14-22)31-19-26(28)32-25-12-6-11-23(18-25)27(29)30-17-7-10-21-8-4-3-5-9-21/h3-6,8-9,11-16,18,20H,7,10,17,19H2,1-2H3. The van der Waals surface area contributed by atoms with Gasteiger partial charge in [-0.25, -0.2) is 9.59 Å². The first-order valence-corrected chi connectivity index (χ1v) is 10.8. The molecule has 0 radical (unpaired) electrons. The summed E-state index contributed by atoms with van der Waals surface area (Å²) in [5, 5.41) is 0. The summed E-state index contributed by atoms with van der Waals surface area (Å²) in [7, 11) is 0. The smallest absolute Gasteiger partial charge is 0.349 e. The third-order valence-electron chi connectivity index (χ3n) is 4.89. The molecule has 0 spiro atoms. The minimum absolute atomic E-state index is 0.227. The molecule has 0 heterocycles. The van der Waals surface area contributed by atoms with Crippen LogP contribution in [-0.4, -0.2) is 25.2 Å². The summed E-state index contributed by atoms with van der Waals surface area (Å²) < 4.78 is 16.1. The number of hydrogen-bond donors (Lipinski definition) is 0. The Bertz CT molecular complexity index is 1010. The molecule has 166 valence electrons. The van der Waals surface area contributed by atoms with Crippen LogP contribution in [0.2, 0.25) is 0 Å². The quantitative estimate of drug-likeness (QED) is 0.238. The lowest BCUT2D eigenvalue weighted by atomic mass is 10.0. The van der Waals surface area contributed by atoms with Crippen LogP contribution in [0.15, 0.2) is 78.9 Å². The predicted octanol–water partition coefficient (Wildman–Crippen LogP) is 5.58. The van der Waals surface area contributed by atoms with Gasteiger partial charge in [-0.05, 0) is 60.2 Å². The van der Waals surface area contributed by atoms with Crippen LogP contribution in [0.3, 0.4) is 0 Å². The zero-order valence-electron chi connectivity index (χ0n) is 18.5. The Morgan fingerprint density at radius 3 is 2.31 bits per heavy atom. The second kappa shape index (κ2) is 11.7. The molecule has 5 heteroatoms. The molecule has 3 rings (SSSR count). The van der Waals surface area contributed by atoms with Gasteiger partial charge in [0.25, 0.3) is 0 Å². The van der Waals surface area contributed by atoms with Crippen molar-refractivity contribution in [2.24, 2.45) is 0 Å². The zero-order valence-corrected chi connectivity index (χ0v) is 18.5. The molecular formula is C27H28O5. The third kappa shape index (κ3) is 7.27. The molecule has 0 aliphatic heterocycles. The number of carbonyl (C=O) groups excluding carboxylic acids is 2. The highest BCUT2D eigenvalue weighted by atomic mass is 16.6. The maximum atomic E-state index is 12.3. The Morgan fingerprint density at radius 1 is 0.844 bits per heavy atom. The molecule has 0 saturated carbocycles. The normalized spacial score (nSPS) is 10.6. The Hall–Kier alpha value is -3.60. The highest BCUT2D eigenvalue weighted by Gasteiger charge is 2.11. The molecule has 0 unspecified atom stereocenters. The van der Waals surface area contributed by atoms with Crippen molar-refractivity contribution in [3.8, 4) is 11.5 Å². The van der Waals surface area contributed by atoms with Gasteiger partial charge in [-0.15, -0.1) is 0 Å². The molecule has 0 fully saturated rings. The molecule has 3 aromatic carbocycles. The van der Waals surface area contributed by atoms with E-state index in [0.717, 1.165) is 12.8 Å². The van der Waals surface area contributed by atoms with Crippen LogP contribution in [0, 0.1) is 0 Å². The van der Waals surface area contributed by atoms with E-state index < -0.39 is 11.9 Å². The minimum atomic E-state index is -0.550. The second-order valence-corrected chi connectivity index (χ2v) is 7.74. The number of rotatable bonds is 10. The summed E-state index contributed by atoms with van der Waals surface area (Å²) in [4.78, 5) is 24.4. The number of esters is 2. The number of benzene rings is 3. The molecule has 0 saturated heterocycles. The van der Waals surface area contributed by atoms with Crippen molar-refractivity contribution in [3.63, 3.8) is 0 Å². The van der Waals surface area contributed by atoms with E-state index in [1.807, 2.05) is 54.6 Å². The van der Waals surface area contributed by atoms with Crippen molar-refractivity contribution in [3.05, 3.63) is 95.6 Å². The lowest BCUT2D eigenvalue weighted by molar-refractivity contribution is -0.136. The summed E-state index contributed by atoms with van der Waals surface area (Å²) >= 11 is 0. The van der Waals surface area contributed by atoms with E-state index in [1.54, 1.807) is 18.2 Å². The molecule has 0 aliphatic rings. The molecule has 0 aliphatic carbocycles. The van der Waals surface area contributed by atoms with Crippen LogP contribution in [0.5, 0.6) is 11.5 Å². The van der Waals surface area contributed by atoms with E-state index in [0.29, 0.717) is 23.8 Å². The number of ether oxygens (including phenoxy) is 3. The third-order valence-corrected chi connectivity index (χ3v) is 4.89. The van der Waals surface area contributed by atoms with Crippen LogP contribution in [-0.2, 0) is 16.0 Å². The lowest BCUT2D eigenvalue weighted by Gasteiger charge is -2.10. The van der Waals surface area contributed by atoms with Gasteiger partial charge in [0.2, 0.25) is 0 Å². The number of hydrogen-bond acceptors (Lipinski definition) is 5. The van der Waals surface area contributed by atoms with Crippen molar-refractivity contribution in [2.75, 3.05) is 13.2 Å². The predicted molar refractivity (Wildman–Crippen MR) is 123 cm³/mol. The number of aryl methyl sites for hydroxylation is 1. The van der Waals surface area contributed by atoms with Gasteiger partial charge in [0.1, 0.15) is 11.5 Å². The Kier molecular flexibility index (Phi) is 8.44. The number of carbonyl (C=O) groups is 2. The average Bonchev–Trinajstić information content (AvgIpc) is 2.81. The fraction of sp³-hybridized carbons (Fsp3) is 0.259. The molecule has 0 aromatic heterocycles. The van der Waals surface area contributed by atoms with Gasteiger partial charge < -0.3 is 14.2 Å². The summed E-state index contributed by atoms with van der Waals surface area (Å²) in [6.45, 7) is 4.32. The van der Waals surface area contributed by atoms with Crippen LogP contribution in [0.25, 0.3) is 0 Å². The van der Waals surface area contributed by atoms with Crippen LogP contribution < -0.4 is 9.47 Å². The van der Waals surface area contributed by atoms with E-state index in [9.17, 15) is 9.59 Å². The second-order valence-electron chi connectivity index (χ2n) is 7.74. The monoisotopic (exact) mass is 432 g/mol. The van der Waals surface area contributed by atoms with Crippen LogP contribution >= 0.6 is 0 Å². The molecule has 32 heavy (non-hydrogen) atoms. The summed E-state index contributed by atoms with van der Waals surface area (Å²) in [6.07, 6.45) is 1.58. The van der Waals surface area contributed by atoms with Crippen molar-refractivity contribution >= 4 is 11.9 Å². The minimum Gasteiger partial charge on any atom is -0.482 e. The fourth-order valence-corrected chi connectivity index (χ4v) is 3.11. The van der Waals surface area contributed by atoms with E-state index >= 15 is 0 Å². The molecule has 0 amide bonds. The zero-order chi connectivity index (χ0) is 22.8. The van der Waals surface area contributed by atoms with Gasteiger partial charge in [0.15, 0.2) is 6.61 Å². The first kappa shape index (κ1) is 23.1. The lowest BCUT2D eigenvalue weighted by Crippen LogP contribution is -2.18. The van der Waals surface area contributed by atoms with Crippen molar-refractivity contribution in [1.29, 1.82) is 0 Å². The van der Waals surface area contributed by atoms with E-state index in [1.165, 1.54) is 17.2 Å². The molecule has 5 nitrogen and oxygen atoms in total. The Morgan fingerprint density at radius 2 is 1.59 bits per heavy atom. The van der Waals surface area contributed by atoms with E-state index in [4.69, 9.17) is 14.2 Å². The maximum Gasteiger partial charge on any atom is 0.349 e. The van der Waals surface area contributed by atoms with Crippen LogP contribution in [0.1, 0.15) is 47.7 Å². The van der Waals surface area contributed by atoms with Crippen molar-refractivity contribution < 1.29 is 23.8 Å². The topological polar surface area (TPSA) is 61.8 Å². The van der Waals surface area contributed by atoms with E-state index in [2.05, 4.69) is 13.8 Å². The fourth-order valence-electron chi connectivity index (χ4n) is 3.11. The van der Waals surface area contributed by atoms with Crippen molar-refractivity contribution in [1.82, 2.24) is 0 Å². The molecule has 3 aromatic rings. The summed E-state index contributed by atoms with van der Waals surface area (Å²) in [5.41, 5.74) is 2.74. The average molecular weight is 433 g/mol. The molecule has 0 bridgehead atoms. The highest BCUT2D eigenvalue weighted by molar-refractivity contribution is 5.90. The SMILES string of the molecule is CC(C)c1ccc(OCC(=O)Oc2cccc(C(=O)OCCCc3ccccc3)c2)cc1. The largest absolute Gasteiger partial charge is 0.482 e. The van der Waals surface area contributed by atoms with Gasteiger partial charge in [-0.3, -0.25) is 0 Å². The van der Waals surface area contributed by atoms with Gasteiger partial charge >= 0.3 is 11.9 Å². The van der Waals surface area contributed by atoms with Gasteiger partial charge in [0, 0.05) is 0 Å². The Labute approximate surface area is 188 Å². The van der Waals surface area contributed by atoms with Gasteiger partial charge in [0.05, 0.1) is 12.2 Å². The van der Waals surface area contributed by atoms with Crippen molar-refractivity contribution in [2.45, 2.75) is 32.6 Å². The highest BCUT2D eigenvalue weighted by Crippen LogP contribution is 2.19. The molecular weight excluding hydrogens is 404 g/mol. The van der Waals surface area contributed by atoms with E-state index in [-0.39, 0.29) is 12.4 Å². The van der Waals surface area contributed by atoms with Gasteiger partial charge in [-0.1, -0.05) is 62.4 Å². The Balaban J connectivity index is 1.44. The summed E-state index contributed by atoms with van der Waals surface area (Å²) in [6, 6.07) is 24.0. The summed E-state index contributed by atoms with van der Waals surface area (Å²) in [5.74, 6) is 0.298. The maximum absolute atomic E-state index is 12.3.